The molecule has 0 spiro atoms. The van der Waals surface area contributed by atoms with Crippen LogP contribution in [0.3, 0.4) is 0 Å². The number of likely N-dealkylation sites (tertiary alicyclic amines) is 1. The van der Waals surface area contributed by atoms with Crippen LogP contribution < -0.4 is 0 Å². The van der Waals surface area contributed by atoms with Crippen molar-refractivity contribution in [1.29, 1.82) is 0 Å². The molecule has 4 aliphatic rings. The van der Waals surface area contributed by atoms with Crippen molar-refractivity contribution < 1.29 is 19.1 Å². The second-order valence-corrected chi connectivity index (χ2v) is 8.24. The molecular weight excluding hydrogens is 320 g/mol. The molecule has 0 N–H and O–H groups in total. The molecule has 4 rings (SSSR count). The van der Waals surface area contributed by atoms with Crippen molar-refractivity contribution in [2.45, 2.75) is 32.1 Å². The first-order chi connectivity index (χ1) is 12.3. The predicted octanol–water partition coefficient (Wildman–Crippen LogP) is 1.55. The summed E-state index contributed by atoms with van der Waals surface area (Å²) in [4.78, 5) is 20.7. The number of ether oxygens (including phenoxy) is 2. The molecule has 25 heavy (non-hydrogen) atoms. The normalized spacial score (nSPS) is 34.9. The highest BCUT2D eigenvalue weighted by Gasteiger charge is 2.42. The lowest BCUT2D eigenvalue weighted by molar-refractivity contribution is -0.199. The number of carbonyl (C=O) groups excluding carboxylic acids is 1. The Bertz CT molecular complexity index is 449. The van der Waals surface area contributed by atoms with Gasteiger partial charge in [-0.2, -0.15) is 0 Å². The molecule has 3 atom stereocenters. The summed E-state index contributed by atoms with van der Waals surface area (Å²) >= 11 is 0. The lowest BCUT2D eigenvalue weighted by atomic mass is 9.81. The fourth-order valence-electron chi connectivity index (χ4n) is 4.97. The molecule has 4 heterocycles. The maximum Gasteiger partial charge on any atom is 0.246 e. The monoisotopic (exact) mass is 352 g/mol. The molecule has 1 amide bonds. The smallest absolute Gasteiger partial charge is 0.246 e. The third-order valence-corrected chi connectivity index (χ3v) is 6.41. The van der Waals surface area contributed by atoms with E-state index in [0.717, 1.165) is 64.8 Å². The summed E-state index contributed by atoms with van der Waals surface area (Å²) in [6.07, 6.45) is 5.07. The predicted molar refractivity (Wildman–Crippen MR) is 92.8 cm³/mol. The lowest BCUT2D eigenvalue weighted by Gasteiger charge is -2.34. The van der Waals surface area contributed by atoms with Crippen LogP contribution in [0.25, 0.3) is 0 Å². The molecule has 4 aliphatic heterocycles. The van der Waals surface area contributed by atoms with Gasteiger partial charge in [-0.1, -0.05) is 0 Å². The highest BCUT2D eigenvalue weighted by Crippen LogP contribution is 2.37. The summed E-state index contributed by atoms with van der Waals surface area (Å²) in [5, 5.41) is 1.60. The van der Waals surface area contributed by atoms with E-state index in [1.165, 1.54) is 19.4 Å². The molecule has 0 unspecified atom stereocenters. The molecule has 0 aromatic carbocycles. The average Bonchev–Trinajstić information content (AvgIpc) is 3.07. The Balaban J connectivity index is 1.30. The van der Waals surface area contributed by atoms with Gasteiger partial charge in [0.1, 0.15) is 0 Å². The van der Waals surface area contributed by atoms with E-state index >= 15 is 0 Å². The topological polar surface area (TPSA) is 51.2 Å². The summed E-state index contributed by atoms with van der Waals surface area (Å²) in [6.45, 7) is 8.30. The minimum absolute atomic E-state index is 0.150. The van der Waals surface area contributed by atoms with Gasteiger partial charge in [0.25, 0.3) is 0 Å². The number of carbonyl (C=O) groups is 1. The lowest BCUT2D eigenvalue weighted by Crippen LogP contribution is -2.41. The van der Waals surface area contributed by atoms with E-state index < -0.39 is 0 Å². The van der Waals surface area contributed by atoms with Crippen LogP contribution in [0.15, 0.2) is 0 Å². The molecule has 0 saturated carbocycles. The van der Waals surface area contributed by atoms with Crippen molar-refractivity contribution >= 4 is 5.91 Å². The van der Waals surface area contributed by atoms with Crippen molar-refractivity contribution in [3.8, 4) is 0 Å². The third kappa shape index (κ3) is 4.35. The number of nitrogens with zero attached hydrogens (tertiary/aromatic N) is 2. The standard InChI is InChI=1S/C19H32N2O4/c22-19(21-5-1-2-6-25-21)9-16-13-24-14-17-11-20(12-18(16)17)10-15-3-7-23-8-4-15/h15-18H,1-14H2/t16-,17-,18+/m1/s1. The van der Waals surface area contributed by atoms with Crippen LogP contribution in [0.2, 0.25) is 0 Å². The number of hydroxylamine groups is 2. The van der Waals surface area contributed by atoms with Crippen molar-refractivity contribution in [2.75, 3.05) is 59.2 Å². The van der Waals surface area contributed by atoms with E-state index in [2.05, 4.69) is 4.90 Å². The Morgan fingerprint density at radius 2 is 1.88 bits per heavy atom. The van der Waals surface area contributed by atoms with Gasteiger partial charge in [0.05, 0.1) is 19.8 Å². The largest absolute Gasteiger partial charge is 0.381 e. The van der Waals surface area contributed by atoms with Gasteiger partial charge in [-0.05, 0) is 49.4 Å². The van der Waals surface area contributed by atoms with Crippen molar-refractivity contribution in [2.24, 2.45) is 23.7 Å². The zero-order valence-electron chi connectivity index (χ0n) is 15.2. The van der Waals surface area contributed by atoms with Crippen LogP contribution in [-0.2, 0) is 19.1 Å². The van der Waals surface area contributed by atoms with Crippen LogP contribution in [0.4, 0.5) is 0 Å². The Hall–Kier alpha value is -0.690. The molecule has 142 valence electrons. The van der Waals surface area contributed by atoms with Gasteiger partial charge in [0, 0.05) is 45.8 Å². The fraction of sp³-hybridized carbons (Fsp3) is 0.947. The zero-order valence-corrected chi connectivity index (χ0v) is 15.2. The summed E-state index contributed by atoms with van der Waals surface area (Å²) in [5.74, 6) is 2.46. The zero-order chi connectivity index (χ0) is 17.1. The van der Waals surface area contributed by atoms with E-state index in [-0.39, 0.29) is 5.91 Å². The van der Waals surface area contributed by atoms with Crippen molar-refractivity contribution in [3.05, 3.63) is 0 Å². The Morgan fingerprint density at radius 3 is 2.68 bits per heavy atom. The summed E-state index contributed by atoms with van der Waals surface area (Å²) < 4.78 is 11.3. The number of amides is 1. The van der Waals surface area contributed by atoms with E-state index in [1.807, 2.05) is 0 Å². The van der Waals surface area contributed by atoms with Crippen molar-refractivity contribution in [3.63, 3.8) is 0 Å². The minimum Gasteiger partial charge on any atom is -0.381 e. The maximum absolute atomic E-state index is 12.6. The first-order valence-corrected chi connectivity index (χ1v) is 10.1. The molecule has 4 saturated heterocycles. The SMILES string of the molecule is O=C(C[C@@H]1COC[C@H]2CN(CC3CCOCC3)C[C@@H]12)N1CCCCO1. The van der Waals surface area contributed by atoms with Gasteiger partial charge >= 0.3 is 0 Å². The third-order valence-electron chi connectivity index (χ3n) is 6.41. The quantitative estimate of drug-likeness (QED) is 0.768. The molecule has 0 bridgehead atoms. The van der Waals surface area contributed by atoms with Gasteiger partial charge in [-0.25, -0.2) is 5.06 Å². The van der Waals surface area contributed by atoms with Crippen LogP contribution in [0.1, 0.15) is 32.1 Å². The average molecular weight is 352 g/mol. The van der Waals surface area contributed by atoms with Gasteiger partial charge in [0.2, 0.25) is 5.91 Å². The highest BCUT2D eigenvalue weighted by atomic mass is 16.7. The van der Waals surface area contributed by atoms with Crippen molar-refractivity contribution in [1.82, 2.24) is 9.96 Å². The van der Waals surface area contributed by atoms with Gasteiger partial charge in [-0.15, -0.1) is 0 Å². The molecule has 6 nitrogen and oxygen atoms in total. The number of rotatable bonds is 4. The summed E-state index contributed by atoms with van der Waals surface area (Å²) in [6, 6.07) is 0. The number of fused-ring (bicyclic) bond motifs is 1. The maximum atomic E-state index is 12.6. The Morgan fingerprint density at radius 1 is 1.00 bits per heavy atom. The van der Waals surface area contributed by atoms with Crippen LogP contribution in [-0.4, -0.2) is 75.1 Å². The Labute approximate surface area is 150 Å². The van der Waals surface area contributed by atoms with Crippen LogP contribution in [0, 0.1) is 23.7 Å². The first kappa shape index (κ1) is 17.7. The van der Waals surface area contributed by atoms with E-state index in [9.17, 15) is 4.79 Å². The van der Waals surface area contributed by atoms with Gasteiger partial charge in [-0.3, -0.25) is 9.63 Å². The fourth-order valence-corrected chi connectivity index (χ4v) is 4.97. The molecule has 0 aromatic rings. The molecule has 0 aliphatic carbocycles. The molecule has 0 radical (unpaired) electrons. The second-order valence-electron chi connectivity index (χ2n) is 8.24. The van der Waals surface area contributed by atoms with Crippen LogP contribution >= 0.6 is 0 Å². The summed E-state index contributed by atoms with van der Waals surface area (Å²) in [5.41, 5.74) is 0. The molecular formula is C19H32N2O4. The second kappa shape index (κ2) is 8.33. The highest BCUT2D eigenvalue weighted by molar-refractivity contribution is 5.75. The molecule has 6 heteroatoms. The summed E-state index contributed by atoms with van der Waals surface area (Å²) in [7, 11) is 0. The molecule has 0 aromatic heterocycles. The van der Waals surface area contributed by atoms with Gasteiger partial charge < -0.3 is 14.4 Å². The van der Waals surface area contributed by atoms with E-state index in [4.69, 9.17) is 14.3 Å². The van der Waals surface area contributed by atoms with Crippen LogP contribution in [0.5, 0.6) is 0 Å². The molecule has 4 fully saturated rings. The van der Waals surface area contributed by atoms with Gasteiger partial charge in [0.15, 0.2) is 0 Å². The number of hydrogen-bond acceptors (Lipinski definition) is 5. The van der Waals surface area contributed by atoms with E-state index in [1.54, 1.807) is 5.06 Å². The van der Waals surface area contributed by atoms with E-state index in [0.29, 0.717) is 30.8 Å². The first-order valence-electron chi connectivity index (χ1n) is 10.1. The number of hydrogen-bond donors (Lipinski definition) is 0. The minimum atomic E-state index is 0.150. The Kier molecular flexibility index (Phi) is 5.90.